The van der Waals surface area contributed by atoms with E-state index in [1.165, 1.54) is 0 Å². The lowest BCUT2D eigenvalue weighted by Crippen LogP contribution is -1.96. The molecular formula is C10H12N4. The molecule has 0 aliphatic rings. The van der Waals surface area contributed by atoms with Gasteiger partial charge in [0.05, 0.1) is 5.69 Å². The summed E-state index contributed by atoms with van der Waals surface area (Å²) in [4.78, 5) is 0. The van der Waals surface area contributed by atoms with Gasteiger partial charge in [-0.2, -0.15) is 5.10 Å². The van der Waals surface area contributed by atoms with Crippen molar-refractivity contribution in [1.29, 1.82) is 0 Å². The van der Waals surface area contributed by atoms with E-state index in [0.717, 1.165) is 16.9 Å². The number of benzene rings is 1. The molecule has 14 heavy (non-hydrogen) atoms. The molecule has 0 fully saturated rings. The molecule has 0 aliphatic heterocycles. The summed E-state index contributed by atoms with van der Waals surface area (Å²) >= 11 is 0. The number of nitrogens with two attached hydrogens (primary N) is 2. The third-order valence-corrected chi connectivity index (χ3v) is 2.12. The van der Waals surface area contributed by atoms with Crippen LogP contribution in [0.1, 0.15) is 0 Å². The molecule has 72 valence electrons. The second-order valence-corrected chi connectivity index (χ2v) is 3.20. The first-order chi connectivity index (χ1) is 6.66. The van der Waals surface area contributed by atoms with Gasteiger partial charge in [0.2, 0.25) is 0 Å². The molecule has 1 heterocycles. The summed E-state index contributed by atoms with van der Waals surface area (Å²) in [6, 6.07) is 9.39. The SMILES string of the molecule is Cn1nc(-c2ccc(N)cc2)cc1N. The quantitative estimate of drug-likeness (QED) is 0.662. The molecule has 0 saturated heterocycles. The molecule has 0 atom stereocenters. The van der Waals surface area contributed by atoms with E-state index in [2.05, 4.69) is 5.10 Å². The molecule has 0 unspecified atom stereocenters. The molecule has 0 spiro atoms. The minimum absolute atomic E-state index is 0.650. The van der Waals surface area contributed by atoms with Crippen molar-refractivity contribution in [3.63, 3.8) is 0 Å². The fourth-order valence-corrected chi connectivity index (χ4v) is 1.28. The highest BCUT2D eigenvalue weighted by Crippen LogP contribution is 2.20. The Balaban J connectivity index is 2.44. The van der Waals surface area contributed by atoms with Crippen LogP contribution >= 0.6 is 0 Å². The van der Waals surface area contributed by atoms with Crippen LogP contribution in [-0.4, -0.2) is 9.78 Å². The topological polar surface area (TPSA) is 69.9 Å². The maximum atomic E-state index is 5.68. The molecule has 0 radical (unpaired) electrons. The summed E-state index contributed by atoms with van der Waals surface area (Å²) in [6.07, 6.45) is 0. The zero-order valence-electron chi connectivity index (χ0n) is 7.94. The molecule has 4 heteroatoms. The van der Waals surface area contributed by atoms with Gasteiger partial charge >= 0.3 is 0 Å². The van der Waals surface area contributed by atoms with E-state index in [0.29, 0.717) is 5.82 Å². The average molecular weight is 188 g/mol. The molecule has 1 aromatic heterocycles. The van der Waals surface area contributed by atoms with E-state index in [9.17, 15) is 0 Å². The van der Waals surface area contributed by atoms with E-state index in [1.54, 1.807) is 4.68 Å². The lowest BCUT2D eigenvalue weighted by molar-refractivity contribution is 0.782. The third kappa shape index (κ3) is 1.42. The molecular weight excluding hydrogens is 176 g/mol. The van der Waals surface area contributed by atoms with Gasteiger partial charge in [0.15, 0.2) is 0 Å². The van der Waals surface area contributed by atoms with Crippen molar-refractivity contribution in [1.82, 2.24) is 9.78 Å². The summed E-state index contributed by atoms with van der Waals surface area (Å²) < 4.78 is 1.64. The normalized spacial score (nSPS) is 10.4. The standard InChI is InChI=1S/C10H12N4/c1-14-10(12)6-9(13-14)7-2-4-8(11)5-3-7/h2-6H,11-12H2,1H3. The lowest BCUT2D eigenvalue weighted by atomic mass is 10.1. The number of rotatable bonds is 1. The smallest absolute Gasteiger partial charge is 0.121 e. The number of nitrogen functional groups attached to an aromatic ring is 2. The Kier molecular flexibility index (Phi) is 1.89. The second kappa shape index (κ2) is 3.06. The summed E-state index contributed by atoms with van der Waals surface area (Å²) in [5.74, 6) is 0.650. The van der Waals surface area contributed by atoms with E-state index >= 15 is 0 Å². The summed E-state index contributed by atoms with van der Waals surface area (Å²) in [7, 11) is 1.82. The molecule has 4 nitrogen and oxygen atoms in total. The molecule has 0 saturated carbocycles. The fraction of sp³-hybridized carbons (Fsp3) is 0.100. The maximum absolute atomic E-state index is 5.68. The first-order valence-electron chi connectivity index (χ1n) is 4.32. The van der Waals surface area contributed by atoms with Crippen LogP contribution in [0, 0.1) is 0 Å². The Morgan fingerprint density at radius 3 is 2.29 bits per heavy atom. The Labute approximate surface area is 82.1 Å². The van der Waals surface area contributed by atoms with Crippen LogP contribution in [0.25, 0.3) is 11.3 Å². The minimum Gasteiger partial charge on any atom is -0.399 e. The van der Waals surface area contributed by atoms with Crippen LogP contribution in [-0.2, 0) is 7.05 Å². The zero-order chi connectivity index (χ0) is 10.1. The van der Waals surface area contributed by atoms with E-state index in [-0.39, 0.29) is 0 Å². The highest BCUT2D eigenvalue weighted by Gasteiger charge is 2.03. The van der Waals surface area contributed by atoms with Crippen molar-refractivity contribution in [3.8, 4) is 11.3 Å². The zero-order valence-corrected chi connectivity index (χ0v) is 7.94. The van der Waals surface area contributed by atoms with Gasteiger partial charge in [-0.05, 0) is 12.1 Å². The van der Waals surface area contributed by atoms with Gasteiger partial charge in [-0.3, -0.25) is 4.68 Å². The highest BCUT2D eigenvalue weighted by molar-refractivity contribution is 5.64. The number of nitrogens with zero attached hydrogens (tertiary/aromatic N) is 2. The number of aryl methyl sites for hydroxylation is 1. The number of aromatic nitrogens is 2. The van der Waals surface area contributed by atoms with Crippen LogP contribution in [0.15, 0.2) is 30.3 Å². The fourth-order valence-electron chi connectivity index (χ4n) is 1.28. The predicted octanol–water partition coefficient (Wildman–Crippen LogP) is 1.25. The highest BCUT2D eigenvalue weighted by atomic mass is 15.3. The second-order valence-electron chi connectivity index (χ2n) is 3.20. The van der Waals surface area contributed by atoms with Gasteiger partial charge in [0.1, 0.15) is 5.82 Å². The number of anilines is 2. The van der Waals surface area contributed by atoms with Crippen molar-refractivity contribution in [2.24, 2.45) is 7.05 Å². The summed E-state index contributed by atoms with van der Waals surface area (Å²) in [5, 5.41) is 4.26. The van der Waals surface area contributed by atoms with Crippen LogP contribution in [0.3, 0.4) is 0 Å². The molecule has 2 aromatic rings. The van der Waals surface area contributed by atoms with Crippen LogP contribution in [0.4, 0.5) is 11.5 Å². The molecule has 0 amide bonds. The van der Waals surface area contributed by atoms with Crippen molar-refractivity contribution in [2.75, 3.05) is 11.5 Å². The lowest BCUT2D eigenvalue weighted by Gasteiger charge is -1.96. The molecule has 1 aromatic carbocycles. The third-order valence-electron chi connectivity index (χ3n) is 2.12. The Bertz CT molecular complexity index is 422. The minimum atomic E-state index is 0.650. The summed E-state index contributed by atoms with van der Waals surface area (Å²) in [5.41, 5.74) is 13.9. The van der Waals surface area contributed by atoms with Crippen LogP contribution in [0.2, 0.25) is 0 Å². The molecule has 2 rings (SSSR count). The Hall–Kier alpha value is -1.97. The van der Waals surface area contributed by atoms with E-state index < -0.39 is 0 Å². The Morgan fingerprint density at radius 2 is 1.79 bits per heavy atom. The number of hydrogen-bond donors (Lipinski definition) is 2. The van der Waals surface area contributed by atoms with Gasteiger partial charge in [0, 0.05) is 24.4 Å². The van der Waals surface area contributed by atoms with E-state index in [1.807, 2.05) is 37.4 Å². The summed E-state index contributed by atoms with van der Waals surface area (Å²) in [6.45, 7) is 0. The van der Waals surface area contributed by atoms with Gasteiger partial charge < -0.3 is 11.5 Å². The van der Waals surface area contributed by atoms with Crippen LogP contribution < -0.4 is 11.5 Å². The van der Waals surface area contributed by atoms with Gasteiger partial charge in [-0.15, -0.1) is 0 Å². The molecule has 0 aliphatic carbocycles. The maximum Gasteiger partial charge on any atom is 0.121 e. The predicted molar refractivity (Wildman–Crippen MR) is 57.5 cm³/mol. The first kappa shape index (κ1) is 8.62. The van der Waals surface area contributed by atoms with Crippen LogP contribution in [0.5, 0.6) is 0 Å². The van der Waals surface area contributed by atoms with Crippen molar-refractivity contribution < 1.29 is 0 Å². The average Bonchev–Trinajstić information content (AvgIpc) is 2.48. The Morgan fingerprint density at radius 1 is 1.14 bits per heavy atom. The largest absolute Gasteiger partial charge is 0.399 e. The van der Waals surface area contributed by atoms with Crippen molar-refractivity contribution >= 4 is 11.5 Å². The molecule has 4 N–H and O–H groups in total. The first-order valence-corrected chi connectivity index (χ1v) is 4.32. The van der Waals surface area contributed by atoms with Gasteiger partial charge in [-0.25, -0.2) is 0 Å². The van der Waals surface area contributed by atoms with E-state index in [4.69, 9.17) is 11.5 Å². The van der Waals surface area contributed by atoms with Crippen molar-refractivity contribution in [3.05, 3.63) is 30.3 Å². The molecule has 0 bridgehead atoms. The van der Waals surface area contributed by atoms with Gasteiger partial charge in [-0.1, -0.05) is 12.1 Å². The van der Waals surface area contributed by atoms with Gasteiger partial charge in [0.25, 0.3) is 0 Å². The monoisotopic (exact) mass is 188 g/mol. The van der Waals surface area contributed by atoms with Crippen molar-refractivity contribution in [2.45, 2.75) is 0 Å². The number of hydrogen-bond acceptors (Lipinski definition) is 3.